The lowest BCUT2D eigenvalue weighted by Crippen LogP contribution is -2.60. The molecule has 0 aromatic heterocycles. The molecule has 0 aliphatic carbocycles. The molecule has 5 unspecified atom stereocenters. The van der Waals surface area contributed by atoms with Crippen LogP contribution in [0.2, 0.25) is 0 Å². The molecule has 13 heteroatoms. The normalized spacial score (nSPS) is 15.0. The van der Waals surface area contributed by atoms with Crippen LogP contribution in [0.25, 0.3) is 0 Å². The first kappa shape index (κ1) is 30.5. The van der Waals surface area contributed by atoms with E-state index in [9.17, 15) is 39.3 Å². The molecule has 1 aromatic rings. The summed E-state index contributed by atoms with van der Waals surface area (Å²) >= 11 is 0. The summed E-state index contributed by atoms with van der Waals surface area (Å²) < 4.78 is 0. The maximum Gasteiger partial charge on any atom is 0.326 e. The summed E-state index contributed by atoms with van der Waals surface area (Å²) in [6, 6.07) is 2.86. The zero-order valence-corrected chi connectivity index (χ0v) is 20.1. The van der Waals surface area contributed by atoms with Crippen molar-refractivity contribution in [2.45, 2.75) is 69.3 Å². The van der Waals surface area contributed by atoms with Crippen molar-refractivity contribution in [3.63, 3.8) is 0 Å². The average molecular weight is 510 g/mol. The number of nitrogens with two attached hydrogens (primary N) is 2. The molecule has 13 nitrogen and oxygen atoms in total. The van der Waals surface area contributed by atoms with E-state index >= 15 is 0 Å². The third-order valence-electron chi connectivity index (χ3n) is 5.28. The first-order chi connectivity index (χ1) is 17.0. The van der Waals surface area contributed by atoms with Crippen molar-refractivity contribution in [3.05, 3.63) is 35.9 Å². The molecule has 5 atom stereocenters. The molecule has 3 amide bonds. The number of carboxylic acids is 2. The monoisotopic (exact) mass is 509 g/mol. The van der Waals surface area contributed by atoms with E-state index in [1.54, 1.807) is 30.3 Å². The number of aliphatic hydroxyl groups is 1. The van der Waals surface area contributed by atoms with Gasteiger partial charge in [0.1, 0.15) is 18.1 Å². The van der Waals surface area contributed by atoms with E-state index in [0.29, 0.717) is 31.4 Å². The van der Waals surface area contributed by atoms with Gasteiger partial charge in [-0.1, -0.05) is 36.8 Å². The second-order valence-electron chi connectivity index (χ2n) is 8.37. The molecule has 0 spiro atoms. The summed E-state index contributed by atoms with van der Waals surface area (Å²) in [5.74, 6) is -5.61. The Morgan fingerprint density at radius 1 is 0.889 bits per heavy atom. The second-order valence-corrected chi connectivity index (χ2v) is 8.37. The molecular weight excluding hydrogens is 474 g/mol. The molecule has 1 rings (SSSR count). The van der Waals surface area contributed by atoms with Crippen molar-refractivity contribution in [1.29, 1.82) is 0 Å². The number of aliphatic carboxylic acids is 2. The van der Waals surface area contributed by atoms with Gasteiger partial charge in [0, 0.05) is 6.42 Å². The lowest BCUT2D eigenvalue weighted by atomic mass is 10.0. The maximum absolute atomic E-state index is 12.8. The number of hydrogen-bond acceptors (Lipinski definition) is 8. The summed E-state index contributed by atoms with van der Waals surface area (Å²) in [5.41, 5.74) is 11.8. The molecule has 0 saturated carbocycles. The van der Waals surface area contributed by atoms with Gasteiger partial charge in [-0.3, -0.25) is 19.2 Å². The summed E-state index contributed by atoms with van der Waals surface area (Å²) in [4.78, 5) is 60.9. The molecule has 0 aliphatic rings. The van der Waals surface area contributed by atoms with Crippen molar-refractivity contribution in [2.75, 3.05) is 6.54 Å². The highest BCUT2D eigenvalue weighted by molar-refractivity contribution is 5.95. The number of carbonyl (C=O) groups is 5. The number of aliphatic hydroxyl groups excluding tert-OH is 1. The van der Waals surface area contributed by atoms with E-state index in [1.807, 2.05) is 0 Å². The van der Waals surface area contributed by atoms with E-state index in [4.69, 9.17) is 11.5 Å². The van der Waals surface area contributed by atoms with Crippen LogP contribution in [-0.2, 0) is 30.4 Å². The maximum atomic E-state index is 12.8. The number of rotatable bonds is 16. The van der Waals surface area contributed by atoms with E-state index in [-0.39, 0.29) is 6.42 Å². The molecule has 200 valence electrons. The first-order valence-corrected chi connectivity index (χ1v) is 11.5. The Morgan fingerprint density at radius 3 is 2.03 bits per heavy atom. The van der Waals surface area contributed by atoms with Gasteiger partial charge in [-0.25, -0.2) is 4.79 Å². The van der Waals surface area contributed by atoms with Gasteiger partial charge in [0.2, 0.25) is 17.7 Å². The molecule has 0 saturated heterocycles. The molecule has 10 N–H and O–H groups in total. The van der Waals surface area contributed by atoms with Crippen LogP contribution in [0.1, 0.15) is 38.2 Å². The van der Waals surface area contributed by atoms with Gasteiger partial charge in [-0.2, -0.15) is 0 Å². The summed E-state index contributed by atoms with van der Waals surface area (Å²) in [7, 11) is 0. The number of amides is 3. The van der Waals surface area contributed by atoms with Crippen molar-refractivity contribution in [3.8, 4) is 0 Å². The van der Waals surface area contributed by atoms with Gasteiger partial charge in [0.25, 0.3) is 0 Å². The Kier molecular flexibility index (Phi) is 13.1. The van der Waals surface area contributed by atoms with Crippen molar-refractivity contribution in [2.24, 2.45) is 11.5 Å². The number of benzene rings is 1. The molecule has 1 aromatic carbocycles. The highest BCUT2D eigenvalue weighted by Gasteiger charge is 2.33. The number of hydrogen-bond donors (Lipinski definition) is 8. The summed E-state index contributed by atoms with van der Waals surface area (Å²) in [5, 5.41) is 35.4. The van der Waals surface area contributed by atoms with Crippen LogP contribution in [0, 0.1) is 0 Å². The highest BCUT2D eigenvalue weighted by Crippen LogP contribution is 2.06. The fraction of sp³-hybridized carbons (Fsp3) is 0.522. The number of carboxylic acid groups (broad SMARTS) is 2. The predicted molar refractivity (Wildman–Crippen MR) is 128 cm³/mol. The van der Waals surface area contributed by atoms with Crippen molar-refractivity contribution in [1.82, 2.24) is 16.0 Å². The molecular formula is C23H35N5O8. The van der Waals surface area contributed by atoms with Crippen LogP contribution < -0.4 is 27.4 Å². The lowest BCUT2D eigenvalue weighted by Gasteiger charge is -2.26. The van der Waals surface area contributed by atoms with Crippen LogP contribution in [0.15, 0.2) is 30.3 Å². The van der Waals surface area contributed by atoms with E-state index in [2.05, 4.69) is 16.0 Å². The van der Waals surface area contributed by atoms with Crippen molar-refractivity contribution < 1.29 is 39.3 Å². The zero-order valence-electron chi connectivity index (χ0n) is 20.1. The molecule has 36 heavy (non-hydrogen) atoms. The van der Waals surface area contributed by atoms with Crippen LogP contribution in [0.3, 0.4) is 0 Å². The fourth-order valence-electron chi connectivity index (χ4n) is 3.27. The topological polar surface area (TPSA) is 234 Å². The second kappa shape index (κ2) is 15.4. The Labute approximate surface area is 208 Å². The van der Waals surface area contributed by atoms with Crippen LogP contribution in [-0.4, -0.2) is 81.8 Å². The van der Waals surface area contributed by atoms with Gasteiger partial charge in [-0.15, -0.1) is 0 Å². The number of carbonyl (C=O) groups excluding carboxylic acids is 3. The molecule has 0 radical (unpaired) electrons. The standard InChI is InChI=1S/C23H35N5O8/c1-13(29)19(28-20(32)15(25)9-5-6-10-24)22(34)26-16(12-18(30)31)21(33)27-17(23(35)36)11-14-7-3-2-4-8-14/h2-4,7-8,13,15-17,19,29H,5-6,9-12,24-25H2,1H3,(H,26,34)(H,27,33)(H,28,32)(H,30,31)(H,35,36). The Hall–Kier alpha value is -3.55. The van der Waals surface area contributed by atoms with Crippen LogP contribution in [0.5, 0.6) is 0 Å². The minimum absolute atomic E-state index is 0.0793. The van der Waals surface area contributed by atoms with Crippen LogP contribution in [0.4, 0.5) is 0 Å². The predicted octanol–water partition coefficient (Wildman–Crippen LogP) is -1.92. The zero-order chi connectivity index (χ0) is 27.3. The van der Waals surface area contributed by atoms with E-state index in [1.165, 1.54) is 6.92 Å². The Bertz CT molecular complexity index is 896. The minimum Gasteiger partial charge on any atom is -0.481 e. The molecule has 0 aliphatic heterocycles. The highest BCUT2D eigenvalue weighted by atomic mass is 16.4. The largest absolute Gasteiger partial charge is 0.481 e. The van der Waals surface area contributed by atoms with Gasteiger partial charge in [-0.05, 0) is 31.9 Å². The molecule has 0 fully saturated rings. The first-order valence-electron chi connectivity index (χ1n) is 11.5. The summed E-state index contributed by atoms with van der Waals surface area (Å²) in [6.45, 7) is 1.64. The van der Waals surface area contributed by atoms with Gasteiger partial charge >= 0.3 is 11.9 Å². The third kappa shape index (κ3) is 10.8. The van der Waals surface area contributed by atoms with E-state index in [0.717, 1.165) is 0 Å². The minimum atomic E-state index is -1.68. The SMILES string of the molecule is CC(O)C(NC(=O)C(N)CCCCN)C(=O)NC(CC(=O)O)C(=O)NC(Cc1ccccc1)C(=O)O. The number of nitrogens with one attached hydrogen (secondary N) is 3. The lowest BCUT2D eigenvalue weighted by molar-refractivity contribution is -0.143. The van der Waals surface area contributed by atoms with Gasteiger partial charge in [0.05, 0.1) is 18.6 Å². The fourth-order valence-corrected chi connectivity index (χ4v) is 3.27. The van der Waals surface area contributed by atoms with Crippen LogP contribution >= 0.6 is 0 Å². The molecule has 0 heterocycles. The average Bonchev–Trinajstić information content (AvgIpc) is 2.81. The van der Waals surface area contributed by atoms with Crippen molar-refractivity contribution >= 4 is 29.7 Å². The van der Waals surface area contributed by atoms with Gasteiger partial charge in [0.15, 0.2) is 0 Å². The van der Waals surface area contributed by atoms with Gasteiger partial charge < -0.3 is 42.7 Å². The third-order valence-corrected chi connectivity index (χ3v) is 5.28. The number of unbranched alkanes of at least 4 members (excludes halogenated alkanes) is 1. The Balaban J connectivity index is 2.93. The van der Waals surface area contributed by atoms with E-state index < -0.39 is 66.4 Å². The summed E-state index contributed by atoms with van der Waals surface area (Å²) in [6.07, 6.45) is -0.846. The molecule has 0 bridgehead atoms. The Morgan fingerprint density at radius 2 is 1.50 bits per heavy atom. The quantitative estimate of drug-likeness (QED) is 0.115. The smallest absolute Gasteiger partial charge is 0.326 e.